The maximum atomic E-state index is 12.2. The van der Waals surface area contributed by atoms with E-state index in [1.807, 2.05) is 6.07 Å². The van der Waals surface area contributed by atoms with E-state index < -0.39 is 17.4 Å². The van der Waals surface area contributed by atoms with Crippen LogP contribution < -0.4 is 5.32 Å². The fourth-order valence-electron chi connectivity index (χ4n) is 2.05. The van der Waals surface area contributed by atoms with Gasteiger partial charge in [-0.2, -0.15) is 0 Å². The predicted molar refractivity (Wildman–Crippen MR) is 72.1 cm³/mol. The van der Waals surface area contributed by atoms with Crippen LogP contribution >= 0.6 is 15.9 Å². The van der Waals surface area contributed by atoms with Crippen molar-refractivity contribution >= 4 is 27.8 Å². The quantitative estimate of drug-likeness (QED) is 0.886. The zero-order chi connectivity index (χ0) is 14.0. The number of amides is 1. The Morgan fingerprint density at radius 3 is 2.74 bits per heavy atom. The number of hydrogen-bond donors (Lipinski definition) is 2. The average Bonchev–Trinajstić information content (AvgIpc) is 2.78. The first kappa shape index (κ1) is 14.0. The number of carboxylic acid groups (broad SMARTS) is 1. The molecule has 1 fully saturated rings. The number of rotatable bonds is 3. The molecule has 0 bridgehead atoms. The van der Waals surface area contributed by atoms with Crippen LogP contribution in [-0.2, 0) is 9.53 Å². The van der Waals surface area contributed by atoms with Crippen molar-refractivity contribution in [2.45, 2.75) is 18.9 Å². The summed E-state index contributed by atoms with van der Waals surface area (Å²) in [7, 11) is 0. The van der Waals surface area contributed by atoms with Gasteiger partial charge in [0.15, 0.2) is 5.54 Å². The minimum absolute atomic E-state index is 0.00362. The van der Waals surface area contributed by atoms with E-state index in [-0.39, 0.29) is 13.0 Å². The smallest absolute Gasteiger partial charge is 0.331 e. The largest absolute Gasteiger partial charge is 0.479 e. The van der Waals surface area contributed by atoms with Gasteiger partial charge in [-0.15, -0.1) is 0 Å². The van der Waals surface area contributed by atoms with E-state index in [1.165, 1.54) is 0 Å². The van der Waals surface area contributed by atoms with Crippen LogP contribution in [0.1, 0.15) is 22.3 Å². The maximum Gasteiger partial charge on any atom is 0.331 e. The van der Waals surface area contributed by atoms with Gasteiger partial charge in [0.2, 0.25) is 0 Å². The van der Waals surface area contributed by atoms with Gasteiger partial charge in [0.05, 0.1) is 6.61 Å². The minimum Gasteiger partial charge on any atom is -0.479 e. The van der Waals surface area contributed by atoms with E-state index in [9.17, 15) is 14.7 Å². The van der Waals surface area contributed by atoms with Crippen molar-refractivity contribution in [3.05, 3.63) is 33.8 Å². The van der Waals surface area contributed by atoms with Crippen LogP contribution in [0.5, 0.6) is 0 Å². The van der Waals surface area contributed by atoms with Gasteiger partial charge in [-0.25, -0.2) is 4.79 Å². The molecule has 0 saturated carbocycles. The number of benzene rings is 1. The van der Waals surface area contributed by atoms with E-state index >= 15 is 0 Å². The Bertz CT molecular complexity index is 523. The third-order valence-corrected chi connectivity index (χ3v) is 3.71. The molecule has 1 aliphatic heterocycles. The summed E-state index contributed by atoms with van der Waals surface area (Å²) in [5.74, 6) is -1.45. The molecular formula is C13H14BrNO4. The number of halogens is 1. The molecule has 2 N–H and O–H groups in total. The second-order valence-corrected chi connectivity index (χ2v) is 5.52. The lowest BCUT2D eigenvalue weighted by molar-refractivity contribution is -0.144. The minimum atomic E-state index is -1.31. The van der Waals surface area contributed by atoms with Gasteiger partial charge in [-0.1, -0.05) is 15.9 Å². The van der Waals surface area contributed by atoms with Crippen molar-refractivity contribution in [2.75, 3.05) is 13.2 Å². The van der Waals surface area contributed by atoms with Crippen LogP contribution in [-0.4, -0.2) is 35.7 Å². The summed E-state index contributed by atoms with van der Waals surface area (Å²) in [5, 5.41) is 11.9. The zero-order valence-corrected chi connectivity index (χ0v) is 12.0. The van der Waals surface area contributed by atoms with Crippen LogP contribution in [0.15, 0.2) is 22.7 Å². The summed E-state index contributed by atoms with van der Waals surface area (Å²) in [6.07, 6.45) is 0.281. The molecule has 1 aromatic carbocycles. The van der Waals surface area contributed by atoms with Gasteiger partial charge in [-0.3, -0.25) is 4.79 Å². The van der Waals surface area contributed by atoms with Gasteiger partial charge in [0.1, 0.15) is 0 Å². The molecule has 19 heavy (non-hydrogen) atoms. The lowest BCUT2D eigenvalue weighted by Gasteiger charge is -2.24. The number of aliphatic carboxylic acids is 1. The number of aryl methyl sites for hydroxylation is 1. The van der Waals surface area contributed by atoms with Crippen molar-refractivity contribution in [1.82, 2.24) is 5.32 Å². The van der Waals surface area contributed by atoms with E-state index in [0.29, 0.717) is 12.2 Å². The van der Waals surface area contributed by atoms with Crippen molar-refractivity contribution in [3.8, 4) is 0 Å². The SMILES string of the molecule is Cc1cc(Br)ccc1C(=O)NC1(C(=O)O)CCOC1. The summed E-state index contributed by atoms with van der Waals surface area (Å²) in [6.45, 7) is 2.15. The molecular weight excluding hydrogens is 314 g/mol. The number of carbonyl (C=O) groups excluding carboxylic acids is 1. The number of hydrogen-bond acceptors (Lipinski definition) is 3. The van der Waals surface area contributed by atoms with Crippen molar-refractivity contribution in [1.29, 1.82) is 0 Å². The summed E-state index contributed by atoms with van der Waals surface area (Å²) in [4.78, 5) is 23.5. The Labute approximate surface area is 119 Å². The third kappa shape index (κ3) is 2.79. The first-order valence-electron chi connectivity index (χ1n) is 5.84. The van der Waals surface area contributed by atoms with Crippen LogP contribution in [0.3, 0.4) is 0 Å². The highest BCUT2D eigenvalue weighted by molar-refractivity contribution is 9.10. The molecule has 1 unspecified atom stereocenters. The number of nitrogens with one attached hydrogen (secondary N) is 1. The molecule has 0 spiro atoms. The Morgan fingerprint density at radius 2 is 2.21 bits per heavy atom. The lowest BCUT2D eigenvalue weighted by Crippen LogP contribution is -2.55. The van der Waals surface area contributed by atoms with Crippen molar-refractivity contribution in [3.63, 3.8) is 0 Å². The van der Waals surface area contributed by atoms with Crippen LogP contribution in [0, 0.1) is 6.92 Å². The van der Waals surface area contributed by atoms with E-state index in [0.717, 1.165) is 10.0 Å². The fraction of sp³-hybridized carbons (Fsp3) is 0.385. The molecule has 2 rings (SSSR count). The summed E-state index contributed by atoms with van der Waals surface area (Å²) in [5.41, 5.74) is -0.0570. The van der Waals surface area contributed by atoms with Crippen molar-refractivity contribution < 1.29 is 19.4 Å². The third-order valence-electron chi connectivity index (χ3n) is 3.22. The molecule has 102 valence electrons. The zero-order valence-electron chi connectivity index (χ0n) is 10.4. The normalized spacial score (nSPS) is 22.2. The summed E-state index contributed by atoms with van der Waals surface area (Å²) < 4.78 is 5.98. The highest BCUT2D eigenvalue weighted by atomic mass is 79.9. The second kappa shape index (κ2) is 5.30. The first-order chi connectivity index (χ1) is 8.94. The van der Waals surface area contributed by atoms with E-state index in [1.54, 1.807) is 19.1 Å². The Balaban J connectivity index is 2.22. The van der Waals surface area contributed by atoms with E-state index in [4.69, 9.17) is 4.74 Å². The monoisotopic (exact) mass is 327 g/mol. The molecule has 0 aliphatic carbocycles. The predicted octanol–water partition coefficient (Wildman–Crippen LogP) is 1.73. The van der Waals surface area contributed by atoms with Gasteiger partial charge in [-0.05, 0) is 30.7 Å². The van der Waals surface area contributed by atoms with Crippen LogP contribution in [0.25, 0.3) is 0 Å². The first-order valence-corrected chi connectivity index (χ1v) is 6.64. The van der Waals surface area contributed by atoms with Crippen LogP contribution in [0.4, 0.5) is 0 Å². The molecule has 0 aromatic heterocycles. The Hall–Kier alpha value is -1.40. The summed E-state index contributed by atoms with van der Waals surface area (Å²) >= 11 is 3.32. The lowest BCUT2D eigenvalue weighted by atomic mass is 9.97. The highest BCUT2D eigenvalue weighted by Gasteiger charge is 2.44. The van der Waals surface area contributed by atoms with Gasteiger partial charge < -0.3 is 15.2 Å². The van der Waals surface area contributed by atoms with Gasteiger partial charge >= 0.3 is 5.97 Å². The van der Waals surface area contributed by atoms with Crippen molar-refractivity contribution in [2.24, 2.45) is 0 Å². The van der Waals surface area contributed by atoms with Gasteiger partial charge in [0.25, 0.3) is 5.91 Å². The highest BCUT2D eigenvalue weighted by Crippen LogP contribution is 2.21. The Kier molecular flexibility index (Phi) is 3.91. The molecule has 0 radical (unpaired) electrons. The molecule has 1 saturated heterocycles. The topological polar surface area (TPSA) is 75.6 Å². The maximum absolute atomic E-state index is 12.2. The number of carbonyl (C=O) groups is 2. The molecule has 1 aliphatic rings. The van der Waals surface area contributed by atoms with Crippen LogP contribution in [0.2, 0.25) is 0 Å². The molecule has 6 heteroatoms. The summed E-state index contributed by atoms with van der Waals surface area (Å²) in [6, 6.07) is 5.23. The molecule has 1 aromatic rings. The van der Waals surface area contributed by atoms with Gasteiger partial charge in [0, 0.05) is 23.1 Å². The molecule has 1 heterocycles. The molecule has 1 atom stereocenters. The van der Waals surface area contributed by atoms with E-state index in [2.05, 4.69) is 21.2 Å². The standard InChI is InChI=1S/C13H14BrNO4/c1-8-6-9(14)2-3-10(8)11(16)15-13(12(17)18)4-5-19-7-13/h2-3,6H,4-5,7H2,1H3,(H,15,16)(H,17,18). The fourth-order valence-corrected chi connectivity index (χ4v) is 2.53. The number of carboxylic acids is 1. The average molecular weight is 328 g/mol. The number of ether oxygens (including phenoxy) is 1. The second-order valence-electron chi connectivity index (χ2n) is 4.60. The molecule has 1 amide bonds. The Morgan fingerprint density at radius 1 is 1.47 bits per heavy atom. The molecule has 5 nitrogen and oxygen atoms in total.